The van der Waals surface area contributed by atoms with E-state index in [1.54, 1.807) is 0 Å². The number of fused-ring (bicyclic) bond motifs is 20. The molecule has 72 heavy (non-hydrogen) atoms. The molecule has 11 aromatic rings. The number of nitrogens with zero attached hydrogens (tertiary/aromatic N) is 10. The van der Waals surface area contributed by atoms with Gasteiger partial charge in [-0.05, 0) is 121 Å². The van der Waals surface area contributed by atoms with Gasteiger partial charge >= 0.3 is 0 Å². The third kappa shape index (κ3) is 8.54. The summed E-state index contributed by atoms with van der Waals surface area (Å²) in [5, 5.41) is 3.26. The molecular formula is C56H46N12O4. The molecule has 0 spiro atoms. The van der Waals surface area contributed by atoms with Crippen LogP contribution in [-0.2, 0) is 26.2 Å². The zero-order valence-electron chi connectivity index (χ0n) is 38.9. The summed E-state index contributed by atoms with van der Waals surface area (Å²) < 4.78 is 33.7. The van der Waals surface area contributed by atoms with Crippen LogP contribution in [0.3, 0.4) is 0 Å². The van der Waals surface area contributed by atoms with Crippen molar-refractivity contribution in [2.24, 2.45) is 0 Å². The molecule has 0 atom stereocenters. The number of H-pyrrole nitrogens is 2. The van der Waals surface area contributed by atoms with Crippen molar-refractivity contribution in [2.45, 2.75) is 26.2 Å². The molecule has 4 aromatic carbocycles. The highest BCUT2D eigenvalue weighted by molar-refractivity contribution is 6.07. The van der Waals surface area contributed by atoms with Gasteiger partial charge in [-0.25, -0.2) is 29.9 Å². The Bertz CT molecular complexity index is 3640. The second-order valence-electron chi connectivity index (χ2n) is 17.5. The summed E-state index contributed by atoms with van der Waals surface area (Å²) in [5.74, 6) is 4.66. The second kappa shape index (κ2) is 18.5. The Morgan fingerprint density at radius 2 is 0.597 bits per heavy atom. The van der Waals surface area contributed by atoms with Gasteiger partial charge in [0, 0.05) is 93.4 Å². The molecule has 13 rings (SSSR count). The number of hydrogen-bond acceptors (Lipinski definition) is 10. The SMILES string of the molecule is c1ccn(CCOc2ccc3c(c2)-c2nc-3nc3[nH]c(nc4nc(nc5[nH]c(n2)c2ccc(OCCn6cccc6)cc52)-c2ccc(OCCn5cccc5)cc2-4)c2ccc(OCCn4cccc4)cc32)c1. The summed E-state index contributed by atoms with van der Waals surface area (Å²) in [6.07, 6.45) is 16.2. The Morgan fingerprint density at radius 3 is 0.944 bits per heavy atom. The van der Waals surface area contributed by atoms with E-state index >= 15 is 0 Å². The van der Waals surface area contributed by atoms with Crippen molar-refractivity contribution >= 4 is 44.1 Å². The first kappa shape index (κ1) is 42.6. The molecule has 2 aliphatic rings. The lowest BCUT2D eigenvalue weighted by atomic mass is 10.1. The Hall–Kier alpha value is -9.44. The molecule has 354 valence electrons. The van der Waals surface area contributed by atoms with Gasteiger partial charge < -0.3 is 47.2 Å². The summed E-state index contributed by atoms with van der Waals surface area (Å²) in [6, 6.07) is 39.9. The van der Waals surface area contributed by atoms with Crippen LogP contribution in [0, 0.1) is 0 Å². The molecule has 7 aromatic heterocycles. The lowest BCUT2D eigenvalue weighted by Crippen LogP contribution is -2.06. The zero-order valence-corrected chi connectivity index (χ0v) is 38.9. The molecule has 2 aliphatic heterocycles. The van der Waals surface area contributed by atoms with Crippen molar-refractivity contribution in [1.82, 2.24) is 58.1 Å². The predicted octanol–water partition coefficient (Wildman–Crippen LogP) is 10.4. The third-order valence-electron chi connectivity index (χ3n) is 12.9. The number of benzene rings is 4. The van der Waals surface area contributed by atoms with Crippen LogP contribution in [0.15, 0.2) is 171 Å². The van der Waals surface area contributed by atoms with Crippen LogP contribution in [0.2, 0.25) is 0 Å². The Morgan fingerprint density at radius 1 is 0.306 bits per heavy atom. The number of nitrogens with one attached hydrogen (secondary N) is 2. The average Bonchev–Trinajstić information content (AvgIpc) is 4.27. The van der Waals surface area contributed by atoms with E-state index in [0.717, 1.165) is 43.8 Å². The first-order chi connectivity index (χ1) is 35.6. The largest absolute Gasteiger partial charge is 0.492 e. The van der Waals surface area contributed by atoms with Crippen LogP contribution < -0.4 is 18.9 Å². The van der Waals surface area contributed by atoms with Gasteiger partial charge in [0.05, 0.1) is 26.2 Å². The molecule has 8 bridgehead atoms. The molecule has 0 amide bonds. The van der Waals surface area contributed by atoms with Crippen LogP contribution in [0.25, 0.3) is 89.7 Å². The summed E-state index contributed by atoms with van der Waals surface area (Å²) >= 11 is 0. The van der Waals surface area contributed by atoms with E-state index in [-0.39, 0.29) is 0 Å². The molecule has 0 saturated heterocycles. The molecule has 16 nitrogen and oxygen atoms in total. The first-order valence-corrected chi connectivity index (χ1v) is 23.9. The van der Waals surface area contributed by atoms with Crippen molar-refractivity contribution in [3.63, 3.8) is 0 Å². The molecular weight excluding hydrogens is 905 g/mol. The van der Waals surface area contributed by atoms with Gasteiger partial charge in [0.2, 0.25) is 0 Å². The fourth-order valence-corrected chi connectivity index (χ4v) is 9.22. The molecule has 9 heterocycles. The van der Waals surface area contributed by atoms with Gasteiger partial charge in [0.1, 0.15) is 72.0 Å². The molecule has 2 N–H and O–H groups in total. The normalized spacial score (nSPS) is 11.8. The van der Waals surface area contributed by atoms with Crippen LogP contribution >= 0.6 is 0 Å². The van der Waals surface area contributed by atoms with Crippen molar-refractivity contribution in [1.29, 1.82) is 0 Å². The lowest BCUT2D eigenvalue weighted by molar-refractivity contribution is 0.298. The second-order valence-corrected chi connectivity index (χ2v) is 17.5. The van der Waals surface area contributed by atoms with Crippen LogP contribution in [-0.4, -0.2) is 84.6 Å². The zero-order chi connectivity index (χ0) is 47.8. The lowest BCUT2D eigenvalue weighted by Gasteiger charge is -2.08. The van der Waals surface area contributed by atoms with E-state index in [1.807, 2.05) is 171 Å². The first-order valence-electron chi connectivity index (χ1n) is 23.9. The van der Waals surface area contributed by atoms with E-state index in [4.69, 9.17) is 48.9 Å². The number of ether oxygens (including phenoxy) is 4. The third-order valence-corrected chi connectivity index (χ3v) is 12.9. The molecule has 0 saturated carbocycles. The monoisotopic (exact) mass is 950 g/mol. The Balaban J connectivity index is 0.990. The van der Waals surface area contributed by atoms with Gasteiger partial charge in [-0.3, -0.25) is 0 Å². The highest BCUT2D eigenvalue weighted by atomic mass is 16.5. The van der Waals surface area contributed by atoms with Crippen LogP contribution in [0.1, 0.15) is 0 Å². The average molecular weight is 951 g/mol. The minimum atomic E-state index is 0.465. The number of rotatable bonds is 16. The van der Waals surface area contributed by atoms with Crippen LogP contribution in [0.4, 0.5) is 0 Å². The Kier molecular flexibility index (Phi) is 10.9. The van der Waals surface area contributed by atoms with Gasteiger partial charge in [-0.15, -0.1) is 0 Å². The minimum Gasteiger partial charge on any atom is -0.492 e. The number of aromatic nitrogens is 12. The van der Waals surface area contributed by atoms with Crippen molar-refractivity contribution in [3.05, 3.63) is 171 Å². The molecule has 0 aliphatic carbocycles. The van der Waals surface area contributed by atoms with E-state index in [2.05, 4.69) is 28.2 Å². The van der Waals surface area contributed by atoms with Crippen molar-refractivity contribution in [2.75, 3.05) is 26.4 Å². The molecule has 0 radical (unpaired) electrons. The maximum absolute atomic E-state index is 6.33. The quantitative estimate of drug-likeness (QED) is 0.0952. The number of aromatic amines is 2. The topological polar surface area (TPSA) is 166 Å². The molecule has 0 unspecified atom stereocenters. The van der Waals surface area contributed by atoms with Crippen LogP contribution in [0.5, 0.6) is 23.0 Å². The fraction of sp³-hybridized carbons (Fsp3) is 0.143. The summed E-state index contributed by atoms with van der Waals surface area (Å²) in [4.78, 5) is 38.6. The maximum atomic E-state index is 6.33. The highest BCUT2D eigenvalue weighted by Crippen LogP contribution is 2.40. The maximum Gasteiger partial charge on any atom is 0.164 e. The van der Waals surface area contributed by atoms with Crippen molar-refractivity contribution in [3.8, 4) is 68.5 Å². The van der Waals surface area contributed by atoms with Gasteiger partial charge in [-0.2, -0.15) is 0 Å². The smallest absolute Gasteiger partial charge is 0.164 e. The fourth-order valence-electron chi connectivity index (χ4n) is 9.22. The van der Waals surface area contributed by atoms with E-state index in [0.29, 0.717) is 121 Å². The standard InChI is InChI=1S/C56H46N12O4/c1-2-18-65(17-1)25-29-69-37-9-13-41-45(33-37)53-57-49(41)62-54-47-35-39(71-31-27-67-21-5-6-22-67)11-15-43(47)51(59-54)64-56-48-36-40(72-32-28-68-23-7-8-24-68)12-16-44(48)52(60-56)63-55-46-34-38(10-14-42(46)50(58-55)61-53)70-30-26-66-19-3-4-20-66/h1-24,33-36H,25-32H2,(H2,57,58,59,60,61,62,63,64). The highest BCUT2D eigenvalue weighted by Gasteiger charge is 2.24. The van der Waals surface area contributed by atoms with Gasteiger partial charge in [-0.1, -0.05) is 0 Å². The molecule has 16 heteroatoms. The van der Waals surface area contributed by atoms with E-state index in [1.165, 1.54) is 0 Å². The van der Waals surface area contributed by atoms with Gasteiger partial charge in [0.15, 0.2) is 23.3 Å². The summed E-state index contributed by atoms with van der Waals surface area (Å²) in [7, 11) is 0. The summed E-state index contributed by atoms with van der Waals surface area (Å²) in [5.41, 5.74) is 5.38. The van der Waals surface area contributed by atoms with E-state index < -0.39 is 0 Å². The summed E-state index contributed by atoms with van der Waals surface area (Å²) in [6.45, 7) is 4.71. The molecule has 0 fully saturated rings. The van der Waals surface area contributed by atoms with E-state index in [9.17, 15) is 0 Å². The van der Waals surface area contributed by atoms with Gasteiger partial charge in [0.25, 0.3) is 0 Å². The Labute approximate surface area is 411 Å². The minimum absolute atomic E-state index is 0.465. The van der Waals surface area contributed by atoms with Crippen molar-refractivity contribution < 1.29 is 18.9 Å². The number of hydrogen-bond donors (Lipinski definition) is 2. The predicted molar refractivity (Wildman–Crippen MR) is 276 cm³/mol.